The van der Waals surface area contributed by atoms with Gasteiger partial charge in [0, 0.05) is 0 Å². The SMILES string of the molecule is [H-].[H-].[H-].[H-].[Na+].[Na+].[Na+].[Na+]. The molecule has 0 fully saturated rings. The Morgan fingerprint density at radius 1 is 0.500 bits per heavy atom. The standard InChI is InChI=1S/4Na.4H/q4*+1;4*-1. The Balaban J connectivity index is 0. The molecule has 0 aromatic rings. The molecule has 0 N–H and O–H groups in total. The third kappa shape index (κ3) is 9.38. The second-order valence-corrected chi connectivity index (χ2v) is 0. The van der Waals surface area contributed by atoms with E-state index in [0.29, 0.717) is 0 Å². The molecule has 0 saturated carbocycles. The van der Waals surface area contributed by atoms with Gasteiger partial charge in [-0.15, -0.1) is 0 Å². The largest absolute Gasteiger partial charge is 1.00 e. The maximum absolute atomic E-state index is 0. The molecule has 4 heteroatoms. The van der Waals surface area contributed by atoms with Crippen LogP contribution in [0.2, 0.25) is 0 Å². The second kappa shape index (κ2) is 15.8. The quantitative estimate of drug-likeness (QED) is 0.263. The number of rotatable bonds is 0. The Labute approximate surface area is 121 Å². The molecule has 0 radical (unpaired) electrons. The van der Waals surface area contributed by atoms with E-state index in [2.05, 4.69) is 0 Å². The molecule has 4 heavy (non-hydrogen) atoms. The molecule has 0 rings (SSSR count). The van der Waals surface area contributed by atoms with Gasteiger partial charge >= 0.3 is 118 Å². The van der Waals surface area contributed by atoms with Gasteiger partial charge in [-0.25, -0.2) is 0 Å². The molecule has 0 bridgehead atoms. The summed E-state index contributed by atoms with van der Waals surface area (Å²) < 4.78 is 0. The fourth-order valence-electron chi connectivity index (χ4n) is 0. The zero-order chi connectivity index (χ0) is 0. The molecule has 0 spiro atoms. The predicted molar refractivity (Wildman–Crippen MR) is 4.45 cm³/mol. The van der Waals surface area contributed by atoms with Crippen molar-refractivity contribution in [2.75, 3.05) is 0 Å². The summed E-state index contributed by atoms with van der Waals surface area (Å²) in [6.07, 6.45) is 0. The molecule has 0 saturated heterocycles. The molecule has 0 nitrogen and oxygen atoms in total. The zero-order valence-corrected chi connectivity index (χ0v) is 12.0. The predicted octanol–water partition coefficient (Wildman–Crippen LogP) is -11.5. The van der Waals surface area contributed by atoms with Crippen molar-refractivity contribution in [1.82, 2.24) is 0 Å². The van der Waals surface area contributed by atoms with Crippen LogP contribution in [-0.2, 0) is 0 Å². The Morgan fingerprint density at radius 3 is 0.500 bits per heavy atom. The molecule has 8 valence electrons. The van der Waals surface area contributed by atoms with Crippen molar-refractivity contribution >= 4 is 0 Å². The van der Waals surface area contributed by atoms with Crippen LogP contribution in [0.5, 0.6) is 0 Å². The summed E-state index contributed by atoms with van der Waals surface area (Å²) in [5.74, 6) is 0. The monoisotopic (exact) mass is 96.0 g/mol. The Hall–Kier alpha value is 4.00. The molecule has 0 aliphatic rings. The van der Waals surface area contributed by atoms with Crippen LogP contribution in [0.4, 0.5) is 0 Å². The van der Waals surface area contributed by atoms with E-state index >= 15 is 0 Å². The molecule has 0 atom stereocenters. The molecule has 0 aliphatic carbocycles. The van der Waals surface area contributed by atoms with Crippen molar-refractivity contribution in [2.24, 2.45) is 0 Å². The van der Waals surface area contributed by atoms with Crippen LogP contribution in [0.1, 0.15) is 5.71 Å². The van der Waals surface area contributed by atoms with Crippen molar-refractivity contribution in [3.05, 3.63) is 0 Å². The molecule has 0 heterocycles. The van der Waals surface area contributed by atoms with E-state index in [4.69, 9.17) is 0 Å². The fourth-order valence-corrected chi connectivity index (χ4v) is 0. The summed E-state index contributed by atoms with van der Waals surface area (Å²) in [5, 5.41) is 0. The molecular formula is H4Na4. The van der Waals surface area contributed by atoms with Gasteiger partial charge in [0.2, 0.25) is 0 Å². The second-order valence-electron chi connectivity index (χ2n) is 0. The fraction of sp³-hybridized carbons (Fsp3) is 0. The van der Waals surface area contributed by atoms with E-state index in [1.165, 1.54) is 0 Å². The van der Waals surface area contributed by atoms with E-state index in [1.807, 2.05) is 0 Å². The summed E-state index contributed by atoms with van der Waals surface area (Å²) >= 11 is 0. The molecule has 0 amide bonds. The minimum atomic E-state index is 0. The minimum absolute atomic E-state index is 0. The van der Waals surface area contributed by atoms with Crippen LogP contribution in [0.25, 0.3) is 0 Å². The smallest absolute Gasteiger partial charge is 1.00 e. The summed E-state index contributed by atoms with van der Waals surface area (Å²) in [6.45, 7) is 0. The van der Waals surface area contributed by atoms with Gasteiger partial charge in [0.15, 0.2) is 0 Å². The first-order valence-electron chi connectivity index (χ1n) is 0. The van der Waals surface area contributed by atoms with Gasteiger partial charge in [-0.05, 0) is 0 Å². The first-order chi connectivity index (χ1) is 0. The third-order valence-corrected chi connectivity index (χ3v) is 0. The van der Waals surface area contributed by atoms with Crippen LogP contribution in [0, 0.1) is 0 Å². The van der Waals surface area contributed by atoms with Crippen molar-refractivity contribution in [3.8, 4) is 0 Å². The van der Waals surface area contributed by atoms with Crippen molar-refractivity contribution in [1.29, 1.82) is 0 Å². The minimum Gasteiger partial charge on any atom is -1.00 e. The van der Waals surface area contributed by atoms with E-state index in [0.717, 1.165) is 0 Å². The van der Waals surface area contributed by atoms with Gasteiger partial charge in [0.05, 0.1) is 0 Å². The van der Waals surface area contributed by atoms with Gasteiger partial charge in [0.1, 0.15) is 0 Å². The molecule has 0 unspecified atom stereocenters. The van der Waals surface area contributed by atoms with Crippen molar-refractivity contribution in [2.45, 2.75) is 0 Å². The summed E-state index contributed by atoms with van der Waals surface area (Å²) in [6, 6.07) is 0. The molecule has 0 aromatic carbocycles. The van der Waals surface area contributed by atoms with Gasteiger partial charge in [-0.1, -0.05) is 0 Å². The van der Waals surface area contributed by atoms with Crippen LogP contribution in [0.3, 0.4) is 0 Å². The molecular weight excluding hydrogens is 92.0 g/mol. The zero-order valence-electron chi connectivity index (χ0n) is 8.00. The Morgan fingerprint density at radius 2 is 0.500 bits per heavy atom. The van der Waals surface area contributed by atoms with E-state index in [-0.39, 0.29) is 124 Å². The Bertz CT molecular complexity index is 8.00. The summed E-state index contributed by atoms with van der Waals surface area (Å²) in [4.78, 5) is 0. The van der Waals surface area contributed by atoms with Crippen LogP contribution < -0.4 is 118 Å². The van der Waals surface area contributed by atoms with E-state index in [1.54, 1.807) is 0 Å². The Kier molecular flexibility index (Phi) is 96.5. The molecule has 0 aromatic heterocycles. The van der Waals surface area contributed by atoms with E-state index in [9.17, 15) is 0 Å². The van der Waals surface area contributed by atoms with Crippen LogP contribution in [0.15, 0.2) is 0 Å². The van der Waals surface area contributed by atoms with Gasteiger partial charge in [-0.2, -0.15) is 0 Å². The van der Waals surface area contributed by atoms with Gasteiger partial charge < -0.3 is 5.71 Å². The topological polar surface area (TPSA) is 0 Å². The van der Waals surface area contributed by atoms with Gasteiger partial charge in [-0.3, -0.25) is 0 Å². The van der Waals surface area contributed by atoms with Crippen LogP contribution >= 0.6 is 0 Å². The number of hydrogen-bond acceptors (Lipinski definition) is 0. The van der Waals surface area contributed by atoms with E-state index < -0.39 is 0 Å². The molecule has 0 aliphatic heterocycles. The van der Waals surface area contributed by atoms with Crippen molar-refractivity contribution in [3.63, 3.8) is 0 Å². The summed E-state index contributed by atoms with van der Waals surface area (Å²) in [7, 11) is 0. The first-order valence-corrected chi connectivity index (χ1v) is 0. The normalized spacial score (nSPS) is 0. The average Bonchev–Trinajstić information content (AvgIpc) is 0. The summed E-state index contributed by atoms with van der Waals surface area (Å²) in [5.41, 5.74) is 0. The maximum Gasteiger partial charge on any atom is 1.00 e. The van der Waals surface area contributed by atoms with Gasteiger partial charge in [0.25, 0.3) is 0 Å². The third-order valence-electron chi connectivity index (χ3n) is 0. The first kappa shape index (κ1) is 24.5. The number of hydrogen-bond donors (Lipinski definition) is 0. The van der Waals surface area contributed by atoms with Crippen molar-refractivity contribution < 1.29 is 124 Å². The maximum atomic E-state index is 0. The van der Waals surface area contributed by atoms with Crippen LogP contribution in [-0.4, -0.2) is 0 Å². The average molecular weight is 96.0 g/mol.